The largest absolute Gasteiger partial charge is 0.480 e. The molecule has 2 aliphatic rings. The van der Waals surface area contributed by atoms with Crippen LogP contribution in [-0.4, -0.2) is 82.0 Å². The molecule has 12 heteroatoms. The lowest BCUT2D eigenvalue weighted by molar-refractivity contribution is -0.161. The van der Waals surface area contributed by atoms with Gasteiger partial charge in [-0.1, -0.05) is 30.3 Å². The third-order valence-corrected chi connectivity index (χ3v) is 7.00. The highest BCUT2D eigenvalue weighted by molar-refractivity contribution is 8.01. The molecule has 2 saturated heterocycles. The number of hydrogen-bond donors (Lipinski definition) is 5. The van der Waals surface area contributed by atoms with Gasteiger partial charge >= 0.3 is 5.97 Å². The number of rotatable bonds is 9. The smallest absolute Gasteiger partial charge is 0.327 e. The van der Waals surface area contributed by atoms with E-state index in [1.54, 1.807) is 44.2 Å². The predicted octanol–water partition coefficient (Wildman–Crippen LogP) is -0.311. The van der Waals surface area contributed by atoms with Crippen LogP contribution in [0.3, 0.4) is 0 Å². The number of hydrogen-bond acceptors (Lipinski definition) is 7. The fraction of sp³-hybridized carbons (Fsp3) is 0.476. The summed E-state index contributed by atoms with van der Waals surface area (Å²) >= 11 is 1.32. The van der Waals surface area contributed by atoms with Crippen LogP contribution >= 0.6 is 11.8 Å². The Kier molecular flexibility index (Phi) is 7.28. The van der Waals surface area contributed by atoms with E-state index in [-0.39, 0.29) is 19.0 Å². The number of nitrogens with zero attached hydrogens (tertiary/aromatic N) is 1. The zero-order valence-electron chi connectivity index (χ0n) is 18.5. The van der Waals surface area contributed by atoms with E-state index in [0.29, 0.717) is 5.56 Å². The van der Waals surface area contributed by atoms with E-state index in [1.165, 1.54) is 23.8 Å². The molecule has 5 N–H and O–H groups in total. The summed E-state index contributed by atoms with van der Waals surface area (Å²) in [6.07, 6.45) is 0. The minimum absolute atomic E-state index is 0.0161. The Labute approximate surface area is 195 Å². The van der Waals surface area contributed by atoms with Gasteiger partial charge < -0.3 is 30.7 Å². The van der Waals surface area contributed by atoms with Crippen molar-refractivity contribution >= 4 is 41.3 Å². The van der Waals surface area contributed by atoms with Crippen LogP contribution in [-0.2, 0) is 23.9 Å². The lowest BCUT2D eigenvalue weighted by Gasteiger charge is -2.44. The van der Waals surface area contributed by atoms with Gasteiger partial charge in [0.05, 0.1) is 6.54 Å². The van der Waals surface area contributed by atoms with Crippen molar-refractivity contribution in [3.05, 3.63) is 35.9 Å². The summed E-state index contributed by atoms with van der Waals surface area (Å²) in [4.78, 5) is 51.2. The van der Waals surface area contributed by atoms with Gasteiger partial charge in [-0.05, 0) is 19.4 Å². The summed E-state index contributed by atoms with van der Waals surface area (Å²) in [6.45, 7) is 3.29. The van der Waals surface area contributed by atoms with Crippen LogP contribution < -0.4 is 16.0 Å². The molecule has 3 amide bonds. The Morgan fingerprint density at radius 3 is 2.55 bits per heavy atom. The van der Waals surface area contributed by atoms with Crippen molar-refractivity contribution < 1.29 is 29.0 Å². The van der Waals surface area contributed by atoms with Crippen molar-refractivity contribution in [3.8, 4) is 0 Å². The first-order chi connectivity index (χ1) is 15.6. The second-order valence-electron chi connectivity index (χ2n) is 8.26. The van der Waals surface area contributed by atoms with Crippen LogP contribution in [0.2, 0.25) is 0 Å². The van der Waals surface area contributed by atoms with Gasteiger partial charge in [0.25, 0.3) is 0 Å². The molecule has 0 radical (unpaired) electrons. The second-order valence-corrected chi connectivity index (χ2v) is 10.0. The fourth-order valence-corrected chi connectivity index (χ4v) is 5.55. The molecule has 0 aliphatic carbocycles. The number of amides is 3. The van der Waals surface area contributed by atoms with E-state index in [4.69, 9.17) is 10.1 Å². The standard InChI is InChI=1S/C21H27N5O6S/c1-21(2)16(20(30)31)26-18(29)15(19(26)33-21)25-17(28)14(11-7-5-4-6-8-11)24-13(27)9-23-12(22)10-32-3/h4-8,14-16,19H,9-10H2,1-3H3,(H2,22,23)(H,24,27)(H,25,28)(H,30,31)/t14?,15-,16+,19-/m1/s1. The molecule has 1 aromatic rings. The van der Waals surface area contributed by atoms with Crippen molar-refractivity contribution in [2.45, 2.75) is 42.1 Å². The Bertz CT molecular complexity index is 956. The fourth-order valence-electron chi connectivity index (χ4n) is 3.92. The minimum atomic E-state index is -1.09. The van der Waals surface area contributed by atoms with Crippen LogP contribution in [0.25, 0.3) is 0 Å². The molecule has 0 spiro atoms. The summed E-state index contributed by atoms with van der Waals surface area (Å²) in [5, 5.41) is 24.6. The molecule has 1 aromatic carbocycles. The highest BCUT2D eigenvalue weighted by Crippen LogP contribution is 2.50. The number of β-lactam (4-membered cyclic amide) rings is 1. The van der Waals surface area contributed by atoms with Gasteiger partial charge in [0.1, 0.15) is 35.9 Å². The van der Waals surface area contributed by atoms with Gasteiger partial charge in [-0.2, -0.15) is 0 Å². The van der Waals surface area contributed by atoms with E-state index < -0.39 is 51.9 Å². The summed E-state index contributed by atoms with van der Waals surface area (Å²) in [6, 6.07) is 5.61. The maximum Gasteiger partial charge on any atom is 0.327 e. The monoisotopic (exact) mass is 477 g/mol. The van der Waals surface area contributed by atoms with Crippen LogP contribution in [0.15, 0.2) is 30.3 Å². The minimum Gasteiger partial charge on any atom is -0.480 e. The van der Waals surface area contributed by atoms with Crippen LogP contribution in [0.5, 0.6) is 0 Å². The Hall–Kier alpha value is -3.12. The predicted molar refractivity (Wildman–Crippen MR) is 121 cm³/mol. The normalized spacial score (nSPS) is 23.7. The molecule has 0 aromatic heterocycles. The number of ether oxygens (including phenoxy) is 1. The number of fused-ring (bicyclic) bond motifs is 1. The lowest BCUT2D eigenvalue weighted by Crippen LogP contribution is -2.71. The second kappa shape index (κ2) is 9.79. The molecule has 178 valence electrons. The summed E-state index contributed by atoms with van der Waals surface area (Å²) < 4.78 is 4.10. The topological polar surface area (TPSA) is 161 Å². The Morgan fingerprint density at radius 2 is 1.94 bits per heavy atom. The molecular weight excluding hydrogens is 450 g/mol. The van der Waals surface area contributed by atoms with Gasteiger partial charge in [-0.25, -0.2) is 4.79 Å². The number of carboxylic acid groups (broad SMARTS) is 1. The highest BCUT2D eigenvalue weighted by atomic mass is 32.2. The van der Waals surface area contributed by atoms with E-state index in [9.17, 15) is 24.3 Å². The molecule has 3 rings (SSSR count). The first-order valence-corrected chi connectivity index (χ1v) is 11.1. The molecule has 0 bridgehead atoms. The average Bonchev–Trinajstić information content (AvgIpc) is 3.03. The molecule has 4 atom stereocenters. The van der Waals surface area contributed by atoms with Gasteiger partial charge in [-0.15, -0.1) is 11.8 Å². The van der Waals surface area contributed by atoms with Crippen molar-refractivity contribution in [3.63, 3.8) is 0 Å². The molecule has 33 heavy (non-hydrogen) atoms. The zero-order valence-corrected chi connectivity index (χ0v) is 19.3. The van der Waals surface area contributed by atoms with Crippen molar-refractivity contribution in [2.75, 3.05) is 20.3 Å². The zero-order chi connectivity index (χ0) is 24.3. The third kappa shape index (κ3) is 5.11. The number of benzene rings is 1. The number of thioether (sulfide) groups is 1. The summed E-state index contributed by atoms with van der Waals surface area (Å²) in [5.41, 5.74) is 0.516. The number of carboxylic acids is 1. The number of nitrogens with one attached hydrogen (secondary N) is 4. The van der Waals surface area contributed by atoms with E-state index in [1.807, 2.05) is 0 Å². The summed E-state index contributed by atoms with van der Waals surface area (Å²) in [7, 11) is 1.43. The van der Waals surface area contributed by atoms with Gasteiger partial charge in [-0.3, -0.25) is 19.8 Å². The SMILES string of the molecule is COCC(=N)NCC(=O)NC(C(=O)N[C@@H]1C(=O)N2[C@@H]1SC(C)(C)[C@@H]2C(=O)O)c1ccccc1. The van der Waals surface area contributed by atoms with Gasteiger partial charge in [0.15, 0.2) is 0 Å². The van der Waals surface area contributed by atoms with Crippen molar-refractivity contribution in [1.82, 2.24) is 20.9 Å². The average molecular weight is 478 g/mol. The van der Waals surface area contributed by atoms with E-state index in [2.05, 4.69) is 16.0 Å². The Morgan fingerprint density at radius 1 is 1.27 bits per heavy atom. The van der Waals surface area contributed by atoms with Gasteiger partial charge in [0, 0.05) is 11.9 Å². The third-order valence-electron chi connectivity index (χ3n) is 5.42. The van der Waals surface area contributed by atoms with Crippen LogP contribution in [0.4, 0.5) is 0 Å². The van der Waals surface area contributed by atoms with E-state index in [0.717, 1.165) is 0 Å². The van der Waals surface area contributed by atoms with E-state index >= 15 is 0 Å². The molecule has 2 heterocycles. The molecule has 2 fully saturated rings. The van der Waals surface area contributed by atoms with Crippen LogP contribution in [0.1, 0.15) is 25.5 Å². The van der Waals surface area contributed by atoms with Crippen molar-refractivity contribution in [1.29, 1.82) is 5.41 Å². The molecule has 0 saturated carbocycles. The Balaban J connectivity index is 1.70. The number of methoxy groups -OCH3 is 1. The first kappa shape index (κ1) is 24.5. The molecule has 1 unspecified atom stereocenters. The number of aliphatic carboxylic acids is 1. The van der Waals surface area contributed by atoms with Gasteiger partial charge in [0.2, 0.25) is 17.7 Å². The lowest BCUT2D eigenvalue weighted by atomic mass is 9.95. The highest BCUT2D eigenvalue weighted by Gasteiger charge is 2.64. The maximum atomic E-state index is 13.1. The first-order valence-electron chi connectivity index (χ1n) is 10.2. The van der Waals surface area contributed by atoms with Crippen molar-refractivity contribution in [2.24, 2.45) is 0 Å². The number of carbonyl (C=O) groups is 4. The summed E-state index contributed by atoms with van der Waals surface area (Å²) in [5.74, 6) is -2.65. The quantitative estimate of drug-likeness (QED) is 0.184. The molecule has 11 nitrogen and oxygen atoms in total. The molecule has 2 aliphatic heterocycles. The number of amidine groups is 1. The molecular formula is C21H27N5O6S. The number of carbonyl (C=O) groups excluding carboxylic acids is 3. The maximum absolute atomic E-state index is 13.1. The van der Waals surface area contributed by atoms with Crippen LogP contribution in [0, 0.1) is 5.41 Å².